The van der Waals surface area contributed by atoms with Gasteiger partial charge in [-0.15, -0.1) is 0 Å². The first-order valence-corrected chi connectivity index (χ1v) is 5.76. The molecule has 0 amide bonds. The second kappa shape index (κ2) is 4.82. The molecule has 2 rings (SSSR count). The van der Waals surface area contributed by atoms with Crippen LogP contribution in [0.25, 0.3) is 10.8 Å². The molecule has 89 valence electrons. The maximum absolute atomic E-state index is 13.6. The van der Waals surface area contributed by atoms with E-state index >= 15 is 0 Å². The topological polar surface area (TPSA) is 0 Å². The lowest BCUT2D eigenvalue weighted by Gasteiger charge is -2.16. The smallest absolute Gasteiger partial charge is 0.207 e. The van der Waals surface area contributed by atoms with E-state index < -0.39 is 5.92 Å². The minimum atomic E-state index is -2.66. The fourth-order valence-corrected chi connectivity index (χ4v) is 2.07. The SMILES string of the molecule is [CH2]CCC(F)(F)Cc1cccc2ccccc12. The van der Waals surface area contributed by atoms with E-state index in [-0.39, 0.29) is 19.3 Å². The maximum atomic E-state index is 13.6. The van der Waals surface area contributed by atoms with Gasteiger partial charge in [-0.1, -0.05) is 49.4 Å². The van der Waals surface area contributed by atoms with E-state index in [9.17, 15) is 8.78 Å². The first-order valence-electron chi connectivity index (χ1n) is 5.76. The molecule has 0 heterocycles. The second-order valence-corrected chi connectivity index (χ2v) is 4.27. The van der Waals surface area contributed by atoms with Crippen molar-refractivity contribution in [1.29, 1.82) is 0 Å². The first kappa shape index (κ1) is 12.0. The highest BCUT2D eigenvalue weighted by Crippen LogP contribution is 2.28. The molecule has 0 unspecified atom stereocenters. The zero-order chi connectivity index (χ0) is 12.3. The van der Waals surface area contributed by atoms with E-state index in [2.05, 4.69) is 6.92 Å². The van der Waals surface area contributed by atoms with Crippen molar-refractivity contribution < 1.29 is 8.78 Å². The number of hydrogen-bond acceptors (Lipinski definition) is 0. The fraction of sp³-hybridized carbons (Fsp3) is 0.267. The highest BCUT2D eigenvalue weighted by molar-refractivity contribution is 5.85. The molecule has 0 aliphatic heterocycles. The van der Waals surface area contributed by atoms with E-state index in [1.807, 2.05) is 36.4 Å². The number of benzene rings is 2. The predicted octanol–water partition coefficient (Wildman–Crippen LogP) is 4.63. The molecule has 0 saturated carbocycles. The Kier molecular flexibility index (Phi) is 3.41. The summed E-state index contributed by atoms with van der Waals surface area (Å²) in [5.41, 5.74) is 0.710. The average molecular weight is 233 g/mol. The summed E-state index contributed by atoms with van der Waals surface area (Å²) in [7, 11) is 0. The van der Waals surface area contributed by atoms with Crippen LogP contribution in [0.4, 0.5) is 8.78 Å². The Labute approximate surface area is 100 Å². The summed E-state index contributed by atoms with van der Waals surface area (Å²) in [6, 6.07) is 13.2. The van der Waals surface area contributed by atoms with Gasteiger partial charge < -0.3 is 0 Å². The molecule has 0 nitrogen and oxygen atoms in total. The Morgan fingerprint density at radius 1 is 1.00 bits per heavy atom. The number of fused-ring (bicyclic) bond motifs is 1. The van der Waals surface area contributed by atoms with Gasteiger partial charge in [0.1, 0.15) is 0 Å². The van der Waals surface area contributed by atoms with Crippen molar-refractivity contribution in [2.45, 2.75) is 25.2 Å². The lowest BCUT2D eigenvalue weighted by Crippen LogP contribution is -2.19. The van der Waals surface area contributed by atoms with Gasteiger partial charge in [0.15, 0.2) is 0 Å². The monoisotopic (exact) mass is 233 g/mol. The zero-order valence-corrected chi connectivity index (χ0v) is 9.63. The summed E-state index contributed by atoms with van der Waals surface area (Å²) in [5, 5.41) is 1.93. The quantitative estimate of drug-likeness (QED) is 0.722. The van der Waals surface area contributed by atoms with Crippen LogP contribution in [0, 0.1) is 6.92 Å². The van der Waals surface area contributed by atoms with Gasteiger partial charge in [0.25, 0.3) is 5.92 Å². The number of rotatable bonds is 4. The van der Waals surface area contributed by atoms with Gasteiger partial charge in [-0.3, -0.25) is 0 Å². The van der Waals surface area contributed by atoms with Crippen molar-refractivity contribution in [3.05, 3.63) is 55.0 Å². The number of halogens is 2. The largest absolute Gasteiger partial charge is 0.252 e. The summed E-state index contributed by atoms with van der Waals surface area (Å²) >= 11 is 0. The van der Waals surface area contributed by atoms with Crippen LogP contribution < -0.4 is 0 Å². The lowest BCUT2D eigenvalue weighted by molar-refractivity contribution is -0.00595. The molecule has 0 aliphatic carbocycles. The molecule has 0 aromatic heterocycles. The third-order valence-electron chi connectivity index (χ3n) is 2.87. The molecule has 0 fully saturated rings. The van der Waals surface area contributed by atoms with Crippen molar-refractivity contribution in [2.75, 3.05) is 0 Å². The fourth-order valence-electron chi connectivity index (χ4n) is 2.07. The number of alkyl halides is 2. The minimum absolute atomic E-state index is 0.157. The minimum Gasteiger partial charge on any atom is -0.207 e. The Morgan fingerprint density at radius 2 is 1.71 bits per heavy atom. The highest BCUT2D eigenvalue weighted by atomic mass is 19.3. The molecular weight excluding hydrogens is 218 g/mol. The third kappa shape index (κ3) is 2.82. The molecule has 1 radical (unpaired) electrons. The average Bonchev–Trinajstić information content (AvgIpc) is 2.29. The highest BCUT2D eigenvalue weighted by Gasteiger charge is 2.28. The summed E-state index contributed by atoms with van der Waals surface area (Å²) in [4.78, 5) is 0. The van der Waals surface area contributed by atoms with Crippen LogP contribution in [0.1, 0.15) is 18.4 Å². The Morgan fingerprint density at radius 3 is 2.47 bits per heavy atom. The van der Waals surface area contributed by atoms with E-state index in [4.69, 9.17) is 0 Å². The van der Waals surface area contributed by atoms with Crippen molar-refractivity contribution in [3.63, 3.8) is 0 Å². The summed E-state index contributed by atoms with van der Waals surface area (Å²) in [5.74, 6) is -2.66. The first-order chi connectivity index (χ1) is 8.12. The standard InChI is InChI=1S/C15H15F2/c1-2-10-15(16,17)11-13-8-5-7-12-6-3-4-9-14(12)13/h3-9H,1-2,10-11H2. The Balaban J connectivity index is 2.36. The molecule has 0 aliphatic rings. The third-order valence-corrected chi connectivity index (χ3v) is 2.87. The van der Waals surface area contributed by atoms with Gasteiger partial charge in [-0.05, 0) is 22.8 Å². The molecule has 0 N–H and O–H groups in total. The molecule has 0 saturated heterocycles. The molecular formula is C15H15F2. The molecule has 2 aromatic rings. The van der Waals surface area contributed by atoms with Crippen LogP contribution in [0.3, 0.4) is 0 Å². The van der Waals surface area contributed by atoms with Gasteiger partial charge in [0, 0.05) is 12.8 Å². The lowest BCUT2D eigenvalue weighted by atomic mass is 9.98. The zero-order valence-electron chi connectivity index (χ0n) is 9.63. The van der Waals surface area contributed by atoms with Crippen LogP contribution in [0.5, 0.6) is 0 Å². The second-order valence-electron chi connectivity index (χ2n) is 4.27. The molecule has 0 atom stereocenters. The normalized spacial score (nSPS) is 11.9. The van der Waals surface area contributed by atoms with Crippen LogP contribution in [0.2, 0.25) is 0 Å². The van der Waals surface area contributed by atoms with Crippen molar-refractivity contribution >= 4 is 10.8 Å². The van der Waals surface area contributed by atoms with Gasteiger partial charge >= 0.3 is 0 Å². The van der Waals surface area contributed by atoms with Gasteiger partial charge in [-0.2, -0.15) is 0 Å². The Hall–Kier alpha value is -1.44. The van der Waals surface area contributed by atoms with Crippen LogP contribution in [-0.4, -0.2) is 5.92 Å². The molecule has 0 spiro atoms. The van der Waals surface area contributed by atoms with Crippen molar-refractivity contribution in [1.82, 2.24) is 0 Å². The van der Waals surface area contributed by atoms with E-state index in [0.29, 0.717) is 5.56 Å². The van der Waals surface area contributed by atoms with Crippen LogP contribution >= 0.6 is 0 Å². The number of hydrogen-bond donors (Lipinski definition) is 0. The van der Waals surface area contributed by atoms with Crippen LogP contribution in [-0.2, 0) is 6.42 Å². The van der Waals surface area contributed by atoms with E-state index in [1.54, 1.807) is 6.07 Å². The van der Waals surface area contributed by atoms with Gasteiger partial charge in [-0.25, -0.2) is 8.78 Å². The summed E-state index contributed by atoms with van der Waals surface area (Å²) in [6.07, 6.45) is -0.0993. The van der Waals surface area contributed by atoms with E-state index in [0.717, 1.165) is 10.8 Å². The van der Waals surface area contributed by atoms with Gasteiger partial charge in [0.2, 0.25) is 0 Å². The molecule has 0 bridgehead atoms. The summed E-state index contributed by atoms with van der Waals surface area (Å²) in [6.45, 7) is 3.49. The van der Waals surface area contributed by atoms with Gasteiger partial charge in [0.05, 0.1) is 0 Å². The summed E-state index contributed by atoms with van der Waals surface area (Å²) < 4.78 is 27.2. The van der Waals surface area contributed by atoms with Crippen molar-refractivity contribution in [3.8, 4) is 0 Å². The Bertz CT molecular complexity index is 498. The van der Waals surface area contributed by atoms with Crippen molar-refractivity contribution in [2.24, 2.45) is 0 Å². The molecule has 2 aromatic carbocycles. The molecule has 2 heteroatoms. The maximum Gasteiger partial charge on any atom is 0.252 e. The molecule has 17 heavy (non-hydrogen) atoms. The predicted molar refractivity (Wildman–Crippen MR) is 67.2 cm³/mol. The van der Waals surface area contributed by atoms with Crippen LogP contribution in [0.15, 0.2) is 42.5 Å². The van der Waals surface area contributed by atoms with E-state index in [1.165, 1.54) is 0 Å².